The Bertz CT molecular complexity index is 168. The molecule has 1 atom stereocenters. The first kappa shape index (κ1) is 11.7. The number of hydrogen-bond acceptors (Lipinski definition) is 2. The summed E-state index contributed by atoms with van der Waals surface area (Å²) in [5.41, 5.74) is 0. The number of hydrogen-bond donors (Lipinski definition) is 0. The Kier molecular flexibility index (Phi) is 3.87. The molecule has 0 spiro atoms. The van der Waals surface area contributed by atoms with E-state index in [2.05, 4.69) is 6.92 Å². The van der Waals surface area contributed by atoms with Crippen LogP contribution < -0.4 is 0 Å². The van der Waals surface area contributed by atoms with Crippen molar-refractivity contribution in [1.82, 2.24) is 0 Å². The minimum atomic E-state index is -4.36. The van der Waals surface area contributed by atoms with E-state index < -0.39 is 14.3 Å². The maximum atomic E-state index is 5.78. The molecule has 0 bridgehead atoms. The van der Waals surface area contributed by atoms with Crippen molar-refractivity contribution in [2.45, 2.75) is 32.3 Å². The molecule has 1 unspecified atom stereocenters. The van der Waals surface area contributed by atoms with Gasteiger partial charge in [0.25, 0.3) is 0 Å². The Labute approximate surface area is 85.7 Å². The van der Waals surface area contributed by atoms with Crippen molar-refractivity contribution in [3.05, 3.63) is 0 Å². The van der Waals surface area contributed by atoms with E-state index in [1.54, 1.807) is 0 Å². The molecule has 6 heteroatoms. The number of halogens is 3. The first-order chi connectivity index (χ1) is 5.41. The zero-order chi connectivity index (χ0) is 9.27. The van der Waals surface area contributed by atoms with Crippen LogP contribution >= 0.6 is 26.9 Å². The van der Waals surface area contributed by atoms with Crippen molar-refractivity contribution < 1.29 is 6.20 Å². The van der Waals surface area contributed by atoms with Crippen LogP contribution in [0.2, 0.25) is 0 Å². The summed E-state index contributed by atoms with van der Waals surface area (Å²) in [6.07, 6.45) is 3.12. The quantitative estimate of drug-likeness (QED) is 0.728. The second-order valence-corrected chi connectivity index (χ2v) is 22.0. The molecule has 0 amide bonds. The Balaban J connectivity index is 2.36. The molecule has 0 aromatic rings. The third-order valence-corrected chi connectivity index (χ3v) is 7.91. The summed E-state index contributed by atoms with van der Waals surface area (Å²) in [6, 6.07) is 0. The van der Waals surface area contributed by atoms with Crippen LogP contribution in [0.25, 0.3) is 0 Å². The summed E-state index contributed by atoms with van der Waals surface area (Å²) < 4.78 is 10.4. The van der Waals surface area contributed by atoms with E-state index in [9.17, 15) is 0 Å². The SMILES string of the molecule is CCCCC1CO[Te](Cl)(Cl)(Cl)O1. The fourth-order valence-corrected chi connectivity index (χ4v) is 6.94. The molecule has 1 radical (unpaired) electrons. The molecule has 2 nitrogen and oxygen atoms in total. The molecule has 12 heavy (non-hydrogen) atoms. The van der Waals surface area contributed by atoms with Gasteiger partial charge in [0.2, 0.25) is 0 Å². The second kappa shape index (κ2) is 3.98. The van der Waals surface area contributed by atoms with Gasteiger partial charge in [0.1, 0.15) is 0 Å². The molecule has 1 saturated heterocycles. The van der Waals surface area contributed by atoms with Gasteiger partial charge in [-0.1, -0.05) is 0 Å². The monoisotopic (exact) mass is 351 g/mol. The van der Waals surface area contributed by atoms with Crippen LogP contribution in [-0.4, -0.2) is 27.0 Å². The average molecular weight is 350 g/mol. The van der Waals surface area contributed by atoms with E-state index in [4.69, 9.17) is 33.1 Å². The summed E-state index contributed by atoms with van der Waals surface area (Å²) in [5.74, 6) is 0. The standard InChI is InChI=1S/C6H12Cl3O2Te/c1-2-3-4-6-5-10-12(7,8,9)11-6/h6H,2-5H2,1H3. The van der Waals surface area contributed by atoms with Crippen LogP contribution in [0.3, 0.4) is 0 Å². The average Bonchev–Trinajstić information content (AvgIpc) is 2.21. The number of unbranched alkanes of at least 4 members (excludes halogenated alkanes) is 1. The van der Waals surface area contributed by atoms with E-state index in [-0.39, 0.29) is 6.10 Å². The van der Waals surface area contributed by atoms with E-state index in [0.29, 0.717) is 6.61 Å². The molecule has 1 aliphatic rings. The number of rotatable bonds is 3. The second-order valence-electron chi connectivity index (χ2n) is 2.77. The normalized spacial score (nSPS) is 35.7. The predicted octanol–water partition coefficient (Wildman–Crippen LogP) is 3.19. The van der Waals surface area contributed by atoms with Gasteiger partial charge >= 0.3 is 86.3 Å². The minimum absolute atomic E-state index is 0.00425. The zero-order valence-electron chi connectivity index (χ0n) is 6.76. The molecule has 1 fully saturated rings. The van der Waals surface area contributed by atoms with Gasteiger partial charge in [-0.15, -0.1) is 0 Å². The van der Waals surface area contributed by atoms with Crippen LogP contribution in [-0.2, 0) is 6.20 Å². The topological polar surface area (TPSA) is 18.5 Å². The van der Waals surface area contributed by atoms with Gasteiger partial charge in [-0.3, -0.25) is 0 Å². The van der Waals surface area contributed by atoms with E-state index in [0.717, 1.165) is 19.3 Å². The third-order valence-electron chi connectivity index (χ3n) is 1.60. The predicted molar refractivity (Wildman–Crippen MR) is 53.7 cm³/mol. The maximum absolute atomic E-state index is 5.78. The fourth-order valence-electron chi connectivity index (χ4n) is 1.01. The van der Waals surface area contributed by atoms with Crippen molar-refractivity contribution >= 4 is 41.2 Å². The van der Waals surface area contributed by atoms with Crippen LogP contribution in [0.4, 0.5) is 0 Å². The van der Waals surface area contributed by atoms with Crippen molar-refractivity contribution in [2.75, 3.05) is 6.61 Å². The van der Waals surface area contributed by atoms with Gasteiger partial charge in [-0.25, -0.2) is 0 Å². The van der Waals surface area contributed by atoms with Gasteiger partial charge in [0.05, 0.1) is 0 Å². The molecule has 1 heterocycles. The first-order valence-electron chi connectivity index (χ1n) is 3.84. The van der Waals surface area contributed by atoms with Crippen LogP contribution in [0, 0.1) is 0 Å². The molecule has 0 N–H and O–H groups in total. The van der Waals surface area contributed by atoms with Crippen molar-refractivity contribution in [3.8, 4) is 0 Å². The zero-order valence-corrected chi connectivity index (χ0v) is 11.4. The van der Waals surface area contributed by atoms with Gasteiger partial charge < -0.3 is 0 Å². The molecule has 75 valence electrons. The Morgan fingerprint density at radius 2 is 2.08 bits per heavy atom. The van der Waals surface area contributed by atoms with Crippen molar-refractivity contribution in [3.63, 3.8) is 0 Å². The summed E-state index contributed by atoms with van der Waals surface area (Å²) in [6.45, 7) is 2.55. The summed E-state index contributed by atoms with van der Waals surface area (Å²) in [4.78, 5) is 0. The van der Waals surface area contributed by atoms with Crippen LogP contribution in [0.15, 0.2) is 0 Å². The Hall–Kier alpha value is 1.58. The van der Waals surface area contributed by atoms with E-state index >= 15 is 0 Å². The molecule has 0 aromatic heterocycles. The molecular weight excluding hydrogens is 338 g/mol. The molecule has 0 aromatic carbocycles. The third kappa shape index (κ3) is 3.75. The summed E-state index contributed by atoms with van der Waals surface area (Å²) in [7, 11) is 17.3. The van der Waals surface area contributed by atoms with Crippen LogP contribution in [0.5, 0.6) is 0 Å². The molecular formula is C6H12Cl3O2Te. The Morgan fingerprint density at radius 1 is 1.42 bits per heavy atom. The van der Waals surface area contributed by atoms with E-state index in [1.807, 2.05) is 0 Å². The molecule has 1 aliphatic heterocycles. The van der Waals surface area contributed by atoms with Crippen molar-refractivity contribution in [2.24, 2.45) is 0 Å². The van der Waals surface area contributed by atoms with E-state index in [1.165, 1.54) is 0 Å². The van der Waals surface area contributed by atoms with Gasteiger partial charge in [-0.2, -0.15) is 0 Å². The van der Waals surface area contributed by atoms with Crippen LogP contribution in [0.1, 0.15) is 26.2 Å². The Morgan fingerprint density at radius 3 is 2.50 bits per heavy atom. The fraction of sp³-hybridized carbons (Fsp3) is 1.00. The molecule has 0 aliphatic carbocycles. The van der Waals surface area contributed by atoms with Gasteiger partial charge in [0, 0.05) is 0 Å². The summed E-state index contributed by atoms with van der Waals surface area (Å²) in [5, 5.41) is 0. The van der Waals surface area contributed by atoms with Gasteiger partial charge in [0.15, 0.2) is 0 Å². The summed E-state index contributed by atoms with van der Waals surface area (Å²) >= 11 is -4.36. The van der Waals surface area contributed by atoms with Crippen molar-refractivity contribution in [1.29, 1.82) is 0 Å². The van der Waals surface area contributed by atoms with Gasteiger partial charge in [-0.05, 0) is 0 Å². The molecule has 1 rings (SSSR count). The molecule has 0 saturated carbocycles. The first-order valence-corrected chi connectivity index (χ1v) is 14.6.